The van der Waals surface area contributed by atoms with Crippen LogP contribution < -0.4 is 0 Å². The summed E-state index contributed by atoms with van der Waals surface area (Å²) in [7, 11) is 0. The third kappa shape index (κ3) is 1.85. The second-order valence-electron chi connectivity index (χ2n) is 3.36. The van der Waals surface area contributed by atoms with Gasteiger partial charge in [-0.05, 0) is 12.0 Å². The van der Waals surface area contributed by atoms with Gasteiger partial charge in [0, 0.05) is 6.42 Å². The van der Waals surface area contributed by atoms with Gasteiger partial charge in [-0.2, -0.15) is 0 Å². The van der Waals surface area contributed by atoms with Gasteiger partial charge in [0.05, 0.1) is 0 Å². The van der Waals surface area contributed by atoms with Crippen LogP contribution in [0.15, 0.2) is 30.3 Å². The van der Waals surface area contributed by atoms with Crippen LogP contribution in [0.5, 0.6) is 0 Å². The summed E-state index contributed by atoms with van der Waals surface area (Å²) in [5.41, 5.74) is -0.606. The van der Waals surface area contributed by atoms with Crippen molar-refractivity contribution in [1.82, 2.24) is 0 Å². The Hall–Kier alpha value is -1.15. The standard InChI is InChI=1S/C12H16O2/c1-3-11(13)12(14,4-2)10-8-6-5-7-9-10/h5-9,14H,3-4H2,1-2H3. The van der Waals surface area contributed by atoms with E-state index in [1.54, 1.807) is 19.1 Å². The minimum absolute atomic E-state index is 0.119. The van der Waals surface area contributed by atoms with E-state index in [2.05, 4.69) is 0 Å². The molecule has 14 heavy (non-hydrogen) atoms. The second kappa shape index (κ2) is 4.38. The SMILES string of the molecule is CCC(=O)C(O)(CC)c1ccccc1. The minimum atomic E-state index is -1.30. The molecular formula is C12H16O2. The van der Waals surface area contributed by atoms with E-state index in [9.17, 15) is 9.90 Å². The van der Waals surface area contributed by atoms with Crippen LogP contribution in [0.2, 0.25) is 0 Å². The molecule has 0 fully saturated rings. The van der Waals surface area contributed by atoms with Crippen molar-refractivity contribution in [2.24, 2.45) is 0 Å². The summed E-state index contributed by atoms with van der Waals surface area (Å²) >= 11 is 0. The number of rotatable bonds is 4. The van der Waals surface area contributed by atoms with Gasteiger partial charge < -0.3 is 5.11 Å². The first-order valence-corrected chi connectivity index (χ1v) is 4.96. The first kappa shape index (κ1) is 10.9. The number of carbonyl (C=O) groups is 1. The highest BCUT2D eigenvalue weighted by molar-refractivity contribution is 5.87. The maximum absolute atomic E-state index is 11.6. The molecule has 0 aliphatic carbocycles. The third-order valence-electron chi connectivity index (χ3n) is 2.55. The molecule has 76 valence electrons. The van der Waals surface area contributed by atoms with Gasteiger partial charge >= 0.3 is 0 Å². The Morgan fingerprint density at radius 1 is 1.29 bits per heavy atom. The molecule has 0 saturated carbocycles. The molecule has 0 saturated heterocycles. The quantitative estimate of drug-likeness (QED) is 0.794. The van der Waals surface area contributed by atoms with Gasteiger partial charge in [-0.1, -0.05) is 44.2 Å². The topological polar surface area (TPSA) is 37.3 Å². The van der Waals surface area contributed by atoms with Gasteiger partial charge in [0.25, 0.3) is 0 Å². The lowest BCUT2D eigenvalue weighted by atomic mass is 9.86. The van der Waals surface area contributed by atoms with E-state index < -0.39 is 5.60 Å². The predicted molar refractivity (Wildman–Crippen MR) is 55.9 cm³/mol. The molecule has 0 bridgehead atoms. The summed E-state index contributed by atoms with van der Waals surface area (Å²) in [5, 5.41) is 10.2. The number of carbonyl (C=O) groups excluding carboxylic acids is 1. The van der Waals surface area contributed by atoms with Crippen molar-refractivity contribution in [3.63, 3.8) is 0 Å². The lowest BCUT2D eigenvalue weighted by Crippen LogP contribution is -2.34. The van der Waals surface area contributed by atoms with E-state index in [-0.39, 0.29) is 5.78 Å². The van der Waals surface area contributed by atoms with E-state index in [1.165, 1.54) is 0 Å². The van der Waals surface area contributed by atoms with Gasteiger partial charge in [0.15, 0.2) is 5.78 Å². The molecule has 0 aliphatic rings. The Kier molecular flexibility index (Phi) is 3.42. The van der Waals surface area contributed by atoms with Gasteiger partial charge in [0.2, 0.25) is 0 Å². The van der Waals surface area contributed by atoms with Crippen molar-refractivity contribution in [2.75, 3.05) is 0 Å². The van der Waals surface area contributed by atoms with Crippen molar-refractivity contribution in [2.45, 2.75) is 32.3 Å². The molecule has 2 nitrogen and oxygen atoms in total. The maximum Gasteiger partial charge on any atom is 0.168 e. The Balaban J connectivity index is 3.08. The number of aliphatic hydroxyl groups is 1. The molecule has 1 aromatic rings. The Morgan fingerprint density at radius 2 is 1.86 bits per heavy atom. The van der Waals surface area contributed by atoms with Crippen molar-refractivity contribution >= 4 is 5.78 Å². The molecule has 1 aromatic carbocycles. The van der Waals surface area contributed by atoms with Gasteiger partial charge in [0.1, 0.15) is 5.60 Å². The molecule has 0 amide bonds. The van der Waals surface area contributed by atoms with E-state index in [0.717, 1.165) is 0 Å². The fourth-order valence-electron chi connectivity index (χ4n) is 1.57. The van der Waals surface area contributed by atoms with Crippen LogP contribution in [0.4, 0.5) is 0 Å². The van der Waals surface area contributed by atoms with Crippen LogP contribution in [0, 0.1) is 0 Å². The monoisotopic (exact) mass is 192 g/mol. The third-order valence-corrected chi connectivity index (χ3v) is 2.55. The Morgan fingerprint density at radius 3 is 2.29 bits per heavy atom. The average Bonchev–Trinajstić information content (AvgIpc) is 2.28. The molecule has 1 N–H and O–H groups in total. The first-order chi connectivity index (χ1) is 6.65. The fraction of sp³-hybridized carbons (Fsp3) is 0.417. The van der Waals surface area contributed by atoms with Gasteiger partial charge in [-0.3, -0.25) is 4.79 Å². The van der Waals surface area contributed by atoms with Crippen LogP contribution >= 0.6 is 0 Å². The lowest BCUT2D eigenvalue weighted by Gasteiger charge is -2.25. The Labute approximate surface area is 84.6 Å². The zero-order chi connectivity index (χ0) is 10.6. The molecule has 1 rings (SSSR count). The molecular weight excluding hydrogens is 176 g/mol. The van der Waals surface area contributed by atoms with Crippen molar-refractivity contribution in [1.29, 1.82) is 0 Å². The average molecular weight is 192 g/mol. The number of hydrogen-bond donors (Lipinski definition) is 1. The highest BCUT2D eigenvalue weighted by Gasteiger charge is 2.33. The lowest BCUT2D eigenvalue weighted by molar-refractivity contribution is -0.138. The smallest absolute Gasteiger partial charge is 0.168 e. The van der Waals surface area contributed by atoms with E-state index >= 15 is 0 Å². The summed E-state index contributed by atoms with van der Waals surface area (Å²) in [6.45, 7) is 3.59. The first-order valence-electron chi connectivity index (χ1n) is 4.96. The van der Waals surface area contributed by atoms with E-state index in [1.807, 2.05) is 25.1 Å². The van der Waals surface area contributed by atoms with Crippen molar-refractivity contribution in [3.8, 4) is 0 Å². The largest absolute Gasteiger partial charge is 0.377 e. The molecule has 0 spiro atoms. The maximum atomic E-state index is 11.6. The highest BCUT2D eigenvalue weighted by Crippen LogP contribution is 2.26. The zero-order valence-electron chi connectivity index (χ0n) is 8.66. The predicted octanol–water partition coefficient (Wildman–Crippen LogP) is 2.26. The van der Waals surface area contributed by atoms with E-state index in [0.29, 0.717) is 18.4 Å². The zero-order valence-corrected chi connectivity index (χ0v) is 8.66. The highest BCUT2D eigenvalue weighted by atomic mass is 16.3. The van der Waals surface area contributed by atoms with Gasteiger partial charge in [-0.25, -0.2) is 0 Å². The molecule has 0 aromatic heterocycles. The van der Waals surface area contributed by atoms with Crippen LogP contribution in [-0.2, 0) is 10.4 Å². The summed E-state index contributed by atoms with van der Waals surface area (Å²) in [4.78, 5) is 11.6. The van der Waals surface area contributed by atoms with Crippen molar-refractivity contribution in [3.05, 3.63) is 35.9 Å². The fourth-order valence-corrected chi connectivity index (χ4v) is 1.57. The normalized spacial score (nSPS) is 14.8. The summed E-state index contributed by atoms with van der Waals surface area (Å²) < 4.78 is 0. The molecule has 1 atom stereocenters. The summed E-state index contributed by atoms with van der Waals surface area (Å²) in [6, 6.07) is 9.11. The molecule has 1 unspecified atom stereocenters. The second-order valence-corrected chi connectivity index (χ2v) is 3.36. The molecule has 2 heteroatoms. The summed E-state index contributed by atoms with van der Waals surface area (Å²) in [5.74, 6) is -0.119. The van der Waals surface area contributed by atoms with Crippen LogP contribution in [0.1, 0.15) is 32.3 Å². The number of benzene rings is 1. The minimum Gasteiger partial charge on any atom is -0.377 e. The van der Waals surface area contributed by atoms with Crippen molar-refractivity contribution < 1.29 is 9.90 Å². The molecule has 0 radical (unpaired) electrons. The number of hydrogen-bond acceptors (Lipinski definition) is 2. The van der Waals surface area contributed by atoms with Crippen LogP contribution in [-0.4, -0.2) is 10.9 Å². The molecule has 0 heterocycles. The Bertz CT molecular complexity index is 305. The van der Waals surface area contributed by atoms with Crippen LogP contribution in [0.3, 0.4) is 0 Å². The number of ketones is 1. The van der Waals surface area contributed by atoms with Crippen LogP contribution in [0.25, 0.3) is 0 Å². The van der Waals surface area contributed by atoms with E-state index in [4.69, 9.17) is 0 Å². The number of Topliss-reactive ketones (excluding diaryl/α,β-unsaturated/α-hetero) is 1. The molecule has 0 aliphatic heterocycles. The van der Waals surface area contributed by atoms with Gasteiger partial charge in [-0.15, -0.1) is 0 Å². The summed E-state index contributed by atoms with van der Waals surface area (Å²) in [6.07, 6.45) is 0.781.